The molecule has 2 heterocycles. The maximum atomic E-state index is 12.9. The van der Waals surface area contributed by atoms with Crippen LogP contribution >= 0.6 is 0 Å². The van der Waals surface area contributed by atoms with Crippen molar-refractivity contribution in [2.75, 3.05) is 0 Å². The maximum absolute atomic E-state index is 12.9. The van der Waals surface area contributed by atoms with Crippen molar-refractivity contribution < 1.29 is 14.6 Å². The normalized spacial score (nSPS) is 48.6. The van der Waals surface area contributed by atoms with Crippen molar-refractivity contribution in [1.29, 1.82) is 0 Å². The zero-order valence-corrected chi connectivity index (χ0v) is 17.3. The van der Waals surface area contributed by atoms with Crippen LogP contribution < -0.4 is 0 Å². The molecule has 6 fully saturated rings. The lowest BCUT2D eigenvalue weighted by Crippen LogP contribution is -2.65. The van der Waals surface area contributed by atoms with Crippen molar-refractivity contribution in [2.45, 2.75) is 108 Å². The van der Waals surface area contributed by atoms with Crippen molar-refractivity contribution >= 4 is 6.09 Å². The van der Waals surface area contributed by atoms with Crippen molar-refractivity contribution in [1.82, 2.24) is 4.90 Å². The Bertz CT molecular complexity index is 567. The molecule has 0 spiro atoms. The Morgan fingerprint density at radius 3 is 1.96 bits per heavy atom. The Labute approximate surface area is 164 Å². The van der Waals surface area contributed by atoms with E-state index in [0.717, 1.165) is 49.4 Å². The van der Waals surface area contributed by atoms with Gasteiger partial charge in [-0.2, -0.15) is 0 Å². The number of fused-ring (bicyclic) bond motifs is 2. The second-order valence-electron chi connectivity index (χ2n) is 11.6. The van der Waals surface area contributed by atoms with E-state index >= 15 is 0 Å². The molecule has 4 heteroatoms. The lowest BCUT2D eigenvalue weighted by Gasteiger charge is -2.62. The van der Waals surface area contributed by atoms with Gasteiger partial charge in [0.25, 0.3) is 0 Å². The summed E-state index contributed by atoms with van der Waals surface area (Å²) in [5.74, 6) is 3.83. The van der Waals surface area contributed by atoms with Crippen LogP contribution in [0.2, 0.25) is 0 Å². The average molecular weight is 376 g/mol. The molecular formula is C23H37NO3. The predicted octanol–water partition coefficient (Wildman–Crippen LogP) is 4.74. The second-order valence-corrected chi connectivity index (χ2v) is 11.6. The lowest BCUT2D eigenvalue weighted by atomic mass is 9.47. The molecule has 2 atom stereocenters. The number of carbonyl (C=O) groups excluding carboxylic acids is 1. The lowest BCUT2D eigenvalue weighted by molar-refractivity contribution is -0.183. The molecule has 4 nitrogen and oxygen atoms in total. The molecule has 6 aliphatic rings. The minimum Gasteiger partial charge on any atom is -0.444 e. The van der Waals surface area contributed by atoms with E-state index in [1.165, 1.54) is 38.5 Å². The van der Waals surface area contributed by atoms with E-state index in [2.05, 4.69) is 0 Å². The first kappa shape index (κ1) is 18.3. The minimum absolute atomic E-state index is 0.162. The Morgan fingerprint density at radius 2 is 1.48 bits per heavy atom. The molecule has 152 valence electrons. The van der Waals surface area contributed by atoms with Gasteiger partial charge in [-0.25, -0.2) is 4.79 Å². The molecule has 2 unspecified atom stereocenters. The Balaban J connectivity index is 1.37. The summed E-state index contributed by atoms with van der Waals surface area (Å²) >= 11 is 0. The summed E-state index contributed by atoms with van der Waals surface area (Å²) in [4.78, 5) is 14.9. The molecule has 0 aromatic heterocycles. The molecule has 4 saturated carbocycles. The van der Waals surface area contributed by atoms with Gasteiger partial charge in [0.2, 0.25) is 0 Å². The third-order valence-corrected chi connectivity index (χ3v) is 8.49. The highest BCUT2D eigenvalue weighted by atomic mass is 16.6. The summed E-state index contributed by atoms with van der Waals surface area (Å²) < 4.78 is 5.73. The van der Waals surface area contributed by atoms with Crippen LogP contribution in [0.3, 0.4) is 0 Å². The number of nitrogens with zero attached hydrogens (tertiary/aromatic N) is 1. The molecule has 1 amide bonds. The molecule has 6 bridgehead atoms. The van der Waals surface area contributed by atoms with Gasteiger partial charge in [-0.05, 0) is 115 Å². The van der Waals surface area contributed by atoms with Crippen molar-refractivity contribution in [3.63, 3.8) is 0 Å². The topological polar surface area (TPSA) is 49.8 Å². The first-order valence-corrected chi connectivity index (χ1v) is 11.5. The molecule has 6 rings (SSSR count). The van der Waals surface area contributed by atoms with E-state index in [1.807, 2.05) is 25.7 Å². The monoisotopic (exact) mass is 375 g/mol. The van der Waals surface area contributed by atoms with Crippen LogP contribution in [0, 0.1) is 29.6 Å². The van der Waals surface area contributed by atoms with Gasteiger partial charge in [0.15, 0.2) is 0 Å². The number of hydrogen-bond acceptors (Lipinski definition) is 3. The van der Waals surface area contributed by atoms with Gasteiger partial charge in [0, 0.05) is 12.1 Å². The zero-order valence-electron chi connectivity index (χ0n) is 17.3. The fourth-order valence-corrected chi connectivity index (χ4v) is 8.15. The van der Waals surface area contributed by atoms with Gasteiger partial charge in [-0.3, -0.25) is 0 Å². The molecule has 0 aromatic rings. The summed E-state index contributed by atoms with van der Waals surface area (Å²) in [5.41, 5.74) is -1.02. The molecule has 2 saturated heterocycles. The van der Waals surface area contributed by atoms with E-state index in [4.69, 9.17) is 4.74 Å². The van der Waals surface area contributed by atoms with Crippen molar-refractivity contribution in [3.05, 3.63) is 0 Å². The predicted molar refractivity (Wildman–Crippen MR) is 104 cm³/mol. The fourth-order valence-electron chi connectivity index (χ4n) is 8.15. The quantitative estimate of drug-likeness (QED) is 0.720. The summed E-state index contributed by atoms with van der Waals surface area (Å²) in [6.45, 7) is 5.82. The van der Waals surface area contributed by atoms with E-state index in [9.17, 15) is 9.90 Å². The van der Waals surface area contributed by atoms with Crippen LogP contribution in [0.25, 0.3) is 0 Å². The van der Waals surface area contributed by atoms with Crippen LogP contribution in [0.5, 0.6) is 0 Å². The van der Waals surface area contributed by atoms with Crippen molar-refractivity contribution in [2.24, 2.45) is 29.6 Å². The van der Waals surface area contributed by atoms with Crippen molar-refractivity contribution in [3.8, 4) is 0 Å². The number of hydrogen-bond donors (Lipinski definition) is 1. The first-order valence-electron chi connectivity index (χ1n) is 11.5. The smallest absolute Gasteiger partial charge is 0.410 e. The molecular weight excluding hydrogens is 338 g/mol. The zero-order chi connectivity index (χ0) is 19.0. The number of ether oxygens (including phenoxy) is 1. The molecule has 0 aromatic carbocycles. The van der Waals surface area contributed by atoms with Crippen LogP contribution in [0.1, 0.15) is 85.0 Å². The van der Waals surface area contributed by atoms with Crippen LogP contribution in [-0.4, -0.2) is 39.4 Å². The van der Waals surface area contributed by atoms with Crippen LogP contribution in [0.4, 0.5) is 4.79 Å². The number of piperidine rings is 2. The molecule has 0 radical (unpaired) electrons. The summed E-state index contributed by atoms with van der Waals surface area (Å²) in [7, 11) is 0. The number of rotatable bonds is 1. The van der Waals surface area contributed by atoms with Gasteiger partial charge < -0.3 is 14.7 Å². The van der Waals surface area contributed by atoms with Gasteiger partial charge in [0.1, 0.15) is 5.60 Å². The highest BCUT2D eigenvalue weighted by molar-refractivity contribution is 5.69. The van der Waals surface area contributed by atoms with E-state index in [0.29, 0.717) is 5.92 Å². The number of carbonyl (C=O) groups is 1. The van der Waals surface area contributed by atoms with Gasteiger partial charge in [0.05, 0.1) is 5.60 Å². The van der Waals surface area contributed by atoms with E-state index in [1.54, 1.807) is 0 Å². The minimum atomic E-state index is -0.559. The SMILES string of the molecule is CC(C)(C)OC(=O)N1C2CCCC1CC(O)(C1C3CC4CC(C3)CC1C4)C2. The molecule has 2 aliphatic heterocycles. The third kappa shape index (κ3) is 3.10. The third-order valence-electron chi connectivity index (χ3n) is 8.49. The second kappa shape index (κ2) is 6.11. The Kier molecular flexibility index (Phi) is 4.14. The Hall–Kier alpha value is -0.770. The maximum Gasteiger partial charge on any atom is 0.410 e. The largest absolute Gasteiger partial charge is 0.444 e. The molecule has 4 aliphatic carbocycles. The fraction of sp³-hybridized carbons (Fsp3) is 0.957. The van der Waals surface area contributed by atoms with Crippen LogP contribution in [0.15, 0.2) is 0 Å². The molecule has 1 N–H and O–H groups in total. The summed E-state index contributed by atoms with van der Waals surface area (Å²) in [6, 6.07) is 0.323. The Morgan fingerprint density at radius 1 is 0.963 bits per heavy atom. The molecule has 27 heavy (non-hydrogen) atoms. The first-order chi connectivity index (χ1) is 12.7. The van der Waals surface area contributed by atoms with Gasteiger partial charge >= 0.3 is 6.09 Å². The highest BCUT2D eigenvalue weighted by Gasteiger charge is 2.59. The van der Waals surface area contributed by atoms with Gasteiger partial charge in [-0.15, -0.1) is 0 Å². The summed E-state index contributed by atoms with van der Waals surface area (Å²) in [6.07, 6.45) is 11.5. The summed E-state index contributed by atoms with van der Waals surface area (Å²) in [5, 5.41) is 12.0. The number of aliphatic hydroxyl groups is 1. The number of amides is 1. The standard InChI is InChI=1S/C23H37NO3/c1-22(2,3)27-21(25)24-18-5-4-6-19(24)13-23(26,12-18)20-16-8-14-7-15(10-16)11-17(20)9-14/h14-20,26H,4-13H2,1-3H3. The van der Waals surface area contributed by atoms with E-state index < -0.39 is 11.2 Å². The average Bonchev–Trinajstić information content (AvgIpc) is 2.50. The van der Waals surface area contributed by atoms with E-state index in [-0.39, 0.29) is 18.2 Å². The van der Waals surface area contributed by atoms with Crippen LogP contribution in [-0.2, 0) is 4.74 Å². The van der Waals surface area contributed by atoms with Gasteiger partial charge in [-0.1, -0.05) is 0 Å². The highest BCUT2D eigenvalue weighted by Crippen LogP contribution is 2.61.